The van der Waals surface area contributed by atoms with Gasteiger partial charge in [0.25, 0.3) is 0 Å². The summed E-state index contributed by atoms with van der Waals surface area (Å²) in [4.78, 5) is 1.13. The number of halogens is 1. The number of sulfonamides is 1. The molecule has 1 aromatic rings. The molecule has 7 heteroatoms. The van der Waals surface area contributed by atoms with Crippen molar-refractivity contribution < 1.29 is 8.42 Å². The van der Waals surface area contributed by atoms with E-state index in [1.165, 1.54) is 12.8 Å². The molecule has 0 amide bonds. The maximum absolute atomic E-state index is 12.1. The third kappa shape index (κ3) is 4.18. The highest BCUT2D eigenvalue weighted by Gasteiger charge is 2.34. The van der Waals surface area contributed by atoms with E-state index in [0.717, 1.165) is 17.7 Å². The van der Waals surface area contributed by atoms with Crippen LogP contribution < -0.4 is 10.0 Å². The fourth-order valence-corrected chi connectivity index (χ4v) is 5.30. The summed E-state index contributed by atoms with van der Waals surface area (Å²) >= 11 is 1.62. The lowest BCUT2D eigenvalue weighted by molar-refractivity contribution is 0.345. The molecular formula is C13H21ClN2O2S2. The normalized spacial score (nSPS) is 29.1. The van der Waals surface area contributed by atoms with Crippen molar-refractivity contribution in [2.24, 2.45) is 0 Å². The summed E-state index contributed by atoms with van der Waals surface area (Å²) in [6.07, 6.45) is 4.88. The Bertz CT molecular complexity index is 506. The van der Waals surface area contributed by atoms with Gasteiger partial charge in [0.2, 0.25) is 10.0 Å². The molecule has 114 valence electrons. The van der Waals surface area contributed by atoms with Gasteiger partial charge in [-0.1, -0.05) is 6.07 Å². The maximum Gasteiger partial charge on any atom is 0.212 e. The molecule has 3 rings (SSSR count). The minimum atomic E-state index is -3.15. The van der Waals surface area contributed by atoms with Crippen molar-refractivity contribution in [3.8, 4) is 0 Å². The van der Waals surface area contributed by atoms with Gasteiger partial charge in [0.15, 0.2) is 0 Å². The number of nitrogens with one attached hydrogen (secondary N) is 2. The van der Waals surface area contributed by atoms with Crippen LogP contribution >= 0.6 is 23.7 Å². The van der Waals surface area contributed by atoms with Gasteiger partial charge in [-0.2, -0.15) is 0 Å². The summed E-state index contributed by atoms with van der Waals surface area (Å²) in [6, 6.07) is 5.12. The lowest BCUT2D eigenvalue weighted by Crippen LogP contribution is -2.48. The first-order chi connectivity index (χ1) is 9.11. The first kappa shape index (κ1) is 16.2. The summed E-state index contributed by atoms with van der Waals surface area (Å²) in [5.41, 5.74) is 0. The number of hydrogen-bond acceptors (Lipinski definition) is 4. The Hall–Kier alpha value is -0.140. The molecule has 1 aromatic heterocycles. The van der Waals surface area contributed by atoms with E-state index in [2.05, 4.69) is 10.0 Å². The zero-order valence-corrected chi connectivity index (χ0v) is 13.7. The van der Waals surface area contributed by atoms with Crippen LogP contribution in [0.5, 0.6) is 0 Å². The van der Waals surface area contributed by atoms with Crippen molar-refractivity contribution in [3.63, 3.8) is 0 Å². The predicted molar refractivity (Wildman–Crippen MR) is 85.2 cm³/mol. The van der Waals surface area contributed by atoms with Crippen molar-refractivity contribution in [3.05, 3.63) is 22.4 Å². The van der Waals surface area contributed by atoms with Crippen LogP contribution in [0, 0.1) is 0 Å². The zero-order chi connectivity index (χ0) is 13.3. The Kier molecular flexibility index (Phi) is 5.48. The molecule has 2 N–H and O–H groups in total. The minimum Gasteiger partial charge on any atom is -0.311 e. The lowest BCUT2D eigenvalue weighted by Gasteiger charge is -2.29. The van der Waals surface area contributed by atoms with E-state index in [1.807, 2.05) is 17.5 Å². The summed E-state index contributed by atoms with van der Waals surface area (Å²) in [5, 5.41) is 5.51. The van der Waals surface area contributed by atoms with Gasteiger partial charge in [0, 0.05) is 23.0 Å². The second kappa shape index (κ2) is 6.75. The average molecular weight is 337 g/mol. The highest BCUT2D eigenvalue weighted by Crippen LogP contribution is 2.27. The molecule has 20 heavy (non-hydrogen) atoms. The van der Waals surface area contributed by atoms with Crippen LogP contribution in [0.15, 0.2) is 17.5 Å². The zero-order valence-electron chi connectivity index (χ0n) is 11.2. The largest absolute Gasteiger partial charge is 0.311 e. The SMILES string of the molecule is Cl.O=S(=O)(CCc1cccs1)NC1CC2CCC(C1)N2. The van der Waals surface area contributed by atoms with E-state index in [-0.39, 0.29) is 24.2 Å². The van der Waals surface area contributed by atoms with Gasteiger partial charge < -0.3 is 5.32 Å². The van der Waals surface area contributed by atoms with Crippen LogP contribution in [-0.4, -0.2) is 32.3 Å². The van der Waals surface area contributed by atoms with E-state index in [1.54, 1.807) is 11.3 Å². The first-order valence-corrected chi connectivity index (χ1v) is 9.42. The Labute approximate surface area is 130 Å². The molecule has 4 nitrogen and oxygen atoms in total. The molecule has 2 saturated heterocycles. The molecule has 0 saturated carbocycles. The van der Waals surface area contributed by atoms with Gasteiger partial charge in [-0.25, -0.2) is 13.1 Å². The molecular weight excluding hydrogens is 316 g/mol. The fraction of sp³-hybridized carbons (Fsp3) is 0.692. The van der Waals surface area contributed by atoms with Crippen LogP contribution in [0.1, 0.15) is 30.6 Å². The van der Waals surface area contributed by atoms with Gasteiger partial charge in [-0.15, -0.1) is 23.7 Å². The molecule has 2 aliphatic heterocycles. The van der Waals surface area contributed by atoms with E-state index < -0.39 is 10.0 Å². The number of thiophene rings is 1. The Morgan fingerprint density at radius 2 is 2.00 bits per heavy atom. The van der Waals surface area contributed by atoms with Crippen LogP contribution in [0.4, 0.5) is 0 Å². The molecule has 3 heterocycles. The second-order valence-electron chi connectivity index (χ2n) is 5.57. The maximum atomic E-state index is 12.1. The van der Waals surface area contributed by atoms with E-state index in [4.69, 9.17) is 0 Å². The molecule has 2 unspecified atom stereocenters. The van der Waals surface area contributed by atoms with Gasteiger partial charge in [-0.05, 0) is 43.6 Å². The van der Waals surface area contributed by atoms with Crippen molar-refractivity contribution in [2.75, 3.05) is 5.75 Å². The predicted octanol–water partition coefficient (Wildman–Crippen LogP) is 1.91. The Morgan fingerprint density at radius 3 is 2.60 bits per heavy atom. The number of rotatable bonds is 5. The molecule has 2 bridgehead atoms. The molecule has 0 aliphatic carbocycles. The van der Waals surface area contributed by atoms with Crippen molar-refractivity contribution in [1.29, 1.82) is 0 Å². The third-order valence-corrected chi connectivity index (χ3v) is 6.39. The Balaban J connectivity index is 0.00000147. The van der Waals surface area contributed by atoms with E-state index >= 15 is 0 Å². The van der Waals surface area contributed by atoms with Crippen LogP contribution in [-0.2, 0) is 16.4 Å². The molecule has 0 radical (unpaired) electrons. The average Bonchev–Trinajstić information content (AvgIpc) is 2.96. The van der Waals surface area contributed by atoms with E-state index in [0.29, 0.717) is 18.5 Å². The van der Waals surface area contributed by atoms with Gasteiger partial charge in [0.05, 0.1) is 5.75 Å². The standard InChI is InChI=1S/C13H20N2O2S2.ClH/c16-19(17,7-5-13-2-1-6-18-13)15-12-8-10-3-4-11(9-12)14-10;/h1-2,6,10-12,14-15H,3-5,7-9H2;1H. The van der Waals surface area contributed by atoms with Crippen molar-refractivity contribution in [2.45, 2.75) is 50.2 Å². The van der Waals surface area contributed by atoms with Crippen LogP contribution in [0.3, 0.4) is 0 Å². The smallest absolute Gasteiger partial charge is 0.212 e. The van der Waals surface area contributed by atoms with Gasteiger partial charge in [0.1, 0.15) is 0 Å². The fourth-order valence-electron chi connectivity index (χ4n) is 3.16. The summed E-state index contributed by atoms with van der Waals surface area (Å²) < 4.78 is 27.1. The number of piperidine rings is 1. The topological polar surface area (TPSA) is 58.2 Å². The lowest BCUT2D eigenvalue weighted by atomic mass is 10.0. The Morgan fingerprint density at radius 1 is 1.30 bits per heavy atom. The van der Waals surface area contributed by atoms with E-state index in [9.17, 15) is 8.42 Å². The number of aryl methyl sites for hydroxylation is 1. The molecule has 2 atom stereocenters. The summed E-state index contributed by atoms with van der Waals surface area (Å²) in [7, 11) is -3.15. The summed E-state index contributed by atoms with van der Waals surface area (Å²) in [6.45, 7) is 0. The highest BCUT2D eigenvalue weighted by atomic mass is 35.5. The van der Waals surface area contributed by atoms with Gasteiger partial charge >= 0.3 is 0 Å². The van der Waals surface area contributed by atoms with Crippen molar-refractivity contribution >= 4 is 33.8 Å². The molecule has 2 fully saturated rings. The monoisotopic (exact) mass is 336 g/mol. The minimum absolute atomic E-state index is 0. The van der Waals surface area contributed by atoms with Crippen molar-refractivity contribution in [1.82, 2.24) is 10.0 Å². The quantitative estimate of drug-likeness (QED) is 0.863. The highest BCUT2D eigenvalue weighted by molar-refractivity contribution is 7.89. The first-order valence-electron chi connectivity index (χ1n) is 6.89. The summed E-state index contributed by atoms with van der Waals surface area (Å²) in [5.74, 6) is 0.201. The number of fused-ring (bicyclic) bond motifs is 2. The number of hydrogen-bond donors (Lipinski definition) is 2. The van der Waals surface area contributed by atoms with Crippen LogP contribution in [0.25, 0.3) is 0 Å². The second-order valence-corrected chi connectivity index (χ2v) is 8.48. The molecule has 0 spiro atoms. The molecule has 2 aliphatic rings. The molecule has 0 aromatic carbocycles. The van der Waals surface area contributed by atoms with Gasteiger partial charge in [-0.3, -0.25) is 0 Å². The van der Waals surface area contributed by atoms with Crippen LogP contribution in [0.2, 0.25) is 0 Å². The third-order valence-electron chi connectivity index (χ3n) is 4.02.